The first-order chi connectivity index (χ1) is 12.6. The average molecular weight is 347 g/mol. The van der Waals surface area contributed by atoms with Crippen LogP contribution in [0.1, 0.15) is 18.2 Å². The Labute approximate surface area is 148 Å². The number of aromatic amines is 2. The van der Waals surface area contributed by atoms with E-state index in [0.717, 1.165) is 28.7 Å². The van der Waals surface area contributed by atoms with Crippen LogP contribution in [0.2, 0.25) is 0 Å². The van der Waals surface area contributed by atoms with Crippen LogP contribution >= 0.6 is 0 Å². The lowest BCUT2D eigenvalue weighted by molar-refractivity contribution is -0.111. The predicted octanol–water partition coefficient (Wildman–Crippen LogP) is 3.82. The van der Waals surface area contributed by atoms with E-state index >= 15 is 0 Å². The highest BCUT2D eigenvalue weighted by Gasteiger charge is 2.10. The number of para-hydroxylation sites is 1. The van der Waals surface area contributed by atoms with Crippen LogP contribution in [-0.4, -0.2) is 15.9 Å². The van der Waals surface area contributed by atoms with Crippen LogP contribution in [0.4, 0.5) is 5.69 Å². The molecule has 130 valence electrons. The monoisotopic (exact) mass is 347 g/mol. The van der Waals surface area contributed by atoms with Gasteiger partial charge in [-0.2, -0.15) is 0 Å². The smallest absolute Gasteiger partial charge is 0.323 e. The number of carbonyl (C=O) groups excluding carboxylic acids is 1. The van der Waals surface area contributed by atoms with Crippen molar-refractivity contribution in [2.45, 2.75) is 13.3 Å². The van der Waals surface area contributed by atoms with Gasteiger partial charge in [-0.1, -0.05) is 25.1 Å². The number of hydrogen-bond acceptors (Lipinski definition) is 3. The van der Waals surface area contributed by atoms with Crippen LogP contribution in [0.3, 0.4) is 0 Å². The molecule has 2 aromatic carbocycles. The van der Waals surface area contributed by atoms with Gasteiger partial charge in [-0.05, 0) is 30.3 Å². The molecule has 1 amide bonds. The average Bonchev–Trinajstić information content (AvgIpc) is 3.18. The van der Waals surface area contributed by atoms with Crippen LogP contribution < -0.4 is 11.0 Å². The van der Waals surface area contributed by atoms with Crippen molar-refractivity contribution in [1.29, 1.82) is 0 Å². The van der Waals surface area contributed by atoms with Gasteiger partial charge >= 0.3 is 5.69 Å². The fourth-order valence-electron chi connectivity index (χ4n) is 3.01. The lowest BCUT2D eigenvalue weighted by Crippen LogP contribution is -2.07. The molecular weight excluding hydrogens is 330 g/mol. The van der Waals surface area contributed by atoms with E-state index in [1.54, 1.807) is 24.3 Å². The van der Waals surface area contributed by atoms with Gasteiger partial charge in [0.15, 0.2) is 0 Å². The third-order valence-electron chi connectivity index (χ3n) is 4.22. The lowest BCUT2D eigenvalue weighted by atomic mass is 10.1. The summed E-state index contributed by atoms with van der Waals surface area (Å²) in [5, 5.41) is 3.78. The molecular formula is C20H17N3O3. The number of amides is 1. The van der Waals surface area contributed by atoms with Crippen molar-refractivity contribution in [3.63, 3.8) is 0 Å². The molecule has 0 aliphatic rings. The maximum absolute atomic E-state index is 12.3. The van der Waals surface area contributed by atoms with Crippen molar-refractivity contribution < 1.29 is 9.21 Å². The minimum Gasteiger partial charge on any atom is -0.460 e. The van der Waals surface area contributed by atoms with Crippen LogP contribution in [-0.2, 0) is 11.2 Å². The van der Waals surface area contributed by atoms with Crippen molar-refractivity contribution in [2.75, 3.05) is 5.32 Å². The van der Waals surface area contributed by atoms with Crippen LogP contribution in [0.25, 0.3) is 28.1 Å². The number of aromatic nitrogens is 2. The lowest BCUT2D eigenvalue weighted by Gasteiger charge is -2.02. The van der Waals surface area contributed by atoms with E-state index in [9.17, 15) is 9.59 Å². The molecule has 26 heavy (non-hydrogen) atoms. The van der Waals surface area contributed by atoms with E-state index in [0.29, 0.717) is 16.7 Å². The Kier molecular flexibility index (Phi) is 3.93. The summed E-state index contributed by atoms with van der Waals surface area (Å²) in [7, 11) is 0. The van der Waals surface area contributed by atoms with Crippen molar-refractivity contribution >= 4 is 39.7 Å². The number of anilines is 1. The molecule has 2 aromatic heterocycles. The molecule has 2 heterocycles. The van der Waals surface area contributed by atoms with Crippen molar-refractivity contribution in [2.24, 2.45) is 0 Å². The molecule has 0 radical (unpaired) electrons. The number of fused-ring (bicyclic) bond motifs is 2. The molecule has 0 saturated heterocycles. The summed E-state index contributed by atoms with van der Waals surface area (Å²) in [5.74, 6) is 0.594. The summed E-state index contributed by atoms with van der Waals surface area (Å²) < 4.78 is 5.83. The fourth-order valence-corrected chi connectivity index (χ4v) is 3.01. The van der Waals surface area contributed by atoms with E-state index in [2.05, 4.69) is 15.3 Å². The van der Waals surface area contributed by atoms with Crippen molar-refractivity contribution in [3.8, 4) is 0 Å². The third kappa shape index (κ3) is 2.93. The summed E-state index contributed by atoms with van der Waals surface area (Å²) in [6.07, 6.45) is 4.00. The Morgan fingerprint density at radius 3 is 2.81 bits per heavy atom. The number of nitrogens with one attached hydrogen (secondary N) is 3. The topological polar surface area (TPSA) is 90.9 Å². The molecule has 0 atom stereocenters. The van der Waals surface area contributed by atoms with Gasteiger partial charge in [0.1, 0.15) is 11.3 Å². The molecule has 0 spiro atoms. The van der Waals surface area contributed by atoms with Gasteiger partial charge in [-0.25, -0.2) is 4.79 Å². The molecule has 0 bridgehead atoms. The zero-order valence-corrected chi connectivity index (χ0v) is 14.1. The number of hydrogen-bond donors (Lipinski definition) is 3. The van der Waals surface area contributed by atoms with Gasteiger partial charge in [0.2, 0.25) is 5.91 Å². The maximum Gasteiger partial charge on any atom is 0.323 e. The SMILES string of the molecule is CCc1oc2ccccc2c1C=CC(=O)Nc1ccc2[nH]c(=O)[nH]c2c1. The highest BCUT2D eigenvalue weighted by molar-refractivity contribution is 6.04. The molecule has 0 saturated carbocycles. The van der Waals surface area contributed by atoms with Gasteiger partial charge in [0.25, 0.3) is 0 Å². The second-order valence-corrected chi connectivity index (χ2v) is 5.95. The first-order valence-corrected chi connectivity index (χ1v) is 8.35. The number of H-pyrrole nitrogens is 2. The predicted molar refractivity (Wildman–Crippen MR) is 102 cm³/mol. The first-order valence-electron chi connectivity index (χ1n) is 8.35. The Morgan fingerprint density at radius 2 is 1.96 bits per heavy atom. The highest BCUT2D eigenvalue weighted by atomic mass is 16.3. The molecule has 4 rings (SSSR count). The quantitative estimate of drug-likeness (QED) is 0.490. The normalized spacial score (nSPS) is 11.6. The first kappa shape index (κ1) is 16.0. The number of aryl methyl sites for hydroxylation is 1. The number of rotatable bonds is 4. The van der Waals surface area contributed by atoms with Gasteiger partial charge < -0.3 is 19.7 Å². The molecule has 4 aromatic rings. The Hall–Kier alpha value is -3.54. The van der Waals surface area contributed by atoms with Crippen molar-refractivity contribution in [3.05, 3.63) is 70.3 Å². The number of carbonyl (C=O) groups is 1. The van der Waals surface area contributed by atoms with Gasteiger partial charge in [-0.15, -0.1) is 0 Å². The maximum atomic E-state index is 12.3. The zero-order chi connectivity index (χ0) is 18.1. The molecule has 0 unspecified atom stereocenters. The summed E-state index contributed by atoms with van der Waals surface area (Å²) in [5.41, 5.74) is 3.40. The van der Waals surface area contributed by atoms with Crippen LogP contribution in [0.5, 0.6) is 0 Å². The zero-order valence-electron chi connectivity index (χ0n) is 14.1. The summed E-state index contributed by atoms with van der Waals surface area (Å²) in [6, 6.07) is 13.0. The van der Waals surface area contributed by atoms with Gasteiger partial charge in [0, 0.05) is 29.1 Å². The highest BCUT2D eigenvalue weighted by Crippen LogP contribution is 2.27. The molecule has 3 N–H and O–H groups in total. The van der Waals surface area contributed by atoms with Gasteiger partial charge in [-0.3, -0.25) is 4.79 Å². The van der Waals surface area contributed by atoms with Gasteiger partial charge in [0.05, 0.1) is 11.0 Å². The Bertz CT molecular complexity index is 1190. The standard InChI is InChI=1S/C20H17N3O3/c1-2-17-14(13-5-3-4-6-18(13)26-17)8-10-19(24)21-12-7-9-15-16(11-12)23-20(25)22-15/h3-11H,2H2,1H3,(H,21,24)(H2,22,23,25). The minimum absolute atomic E-state index is 0.255. The third-order valence-corrected chi connectivity index (χ3v) is 4.22. The second kappa shape index (κ2) is 6.40. The fraction of sp³-hybridized carbons (Fsp3) is 0.100. The van der Waals surface area contributed by atoms with Crippen molar-refractivity contribution in [1.82, 2.24) is 9.97 Å². The number of imidazole rings is 1. The van der Waals surface area contributed by atoms with E-state index < -0.39 is 0 Å². The molecule has 0 fully saturated rings. The second-order valence-electron chi connectivity index (χ2n) is 5.95. The van der Waals surface area contributed by atoms with E-state index in [4.69, 9.17) is 4.42 Å². The Balaban J connectivity index is 1.58. The minimum atomic E-state index is -0.276. The summed E-state index contributed by atoms with van der Waals surface area (Å²) >= 11 is 0. The molecule has 0 aliphatic carbocycles. The number of benzene rings is 2. The number of furan rings is 1. The summed E-state index contributed by atoms with van der Waals surface area (Å²) in [4.78, 5) is 28.9. The van der Waals surface area contributed by atoms with E-state index in [-0.39, 0.29) is 11.6 Å². The Morgan fingerprint density at radius 1 is 1.15 bits per heavy atom. The van der Waals surface area contributed by atoms with Crippen LogP contribution in [0.15, 0.2) is 57.8 Å². The molecule has 0 aliphatic heterocycles. The summed E-state index contributed by atoms with van der Waals surface area (Å²) in [6.45, 7) is 2.02. The van der Waals surface area contributed by atoms with E-state index in [1.807, 2.05) is 31.2 Å². The molecule has 6 heteroatoms. The van der Waals surface area contributed by atoms with Crippen LogP contribution in [0, 0.1) is 0 Å². The molecule has 6 nitrogen and oxygen atoms in total. The van der Waals surface area contributed by atoms with E-state index in [1.165, 1.54) is 6.08 Å². The largest absolute Gasteiger partial charge is 0.460 e.